The van der Waals surface area contributed by atoms with Gasteiger partial charge in [0.2, 0.25) is 11.8 Å². The number of ether oxygens (including phenoxy) is 1. The van der Waals surface area contributed by atoms with Gasteiger partial charge >= 0.3 is 0 Å². The number of nitrogens with zero attached hydrogens (tertiary/aromatic N) is 3. The molecular weight excluding hydrogens is 707 g/mol. The number of phenols is 1. The first-order valence-corrected chi connectivity index (χ1v) is 17.2. The van der Waals surface area contributed by atoms with Crippen LogP contribution < -0.4 is 15.1 Å². The van der Waals surface area contributed by atoms with Crippen LogP contribution >= 0.6 is 11.6 Å². The molecule has 2 heterocycles. The number of aromatic hydroxyl groups is 1. The molecule has 4 aromatic carbocycles. The van der Waals surface area contributed by atoms with E-state index in [0.29, 0.717) is 21.7 Å². The Bertz CT molecular complexity index is 2250. The molecule has 4 amide bonds. The second-order valence-corrected chi connectivity index (χ2v) is 14.0. The molecule has 0 radical (unpaired) electrons. The monoisotopic (exact) mass is 736 g/mol. The molecule has 1 saturated carbocycles. The highest BCUT2D eigenvalue weighted by molar-refractivity contribution is 6.30. The van der Waals surface area contributed by atoms with E-state index in [0.717, 1.165) is 9.91 Å². The number of fused-ring (bicyclic) bond motifs is 4. The second kappa shape index (κ2) is 12.6. The van der Waals surface area contributed by atoms with Crippen LogP contribution in [0.15, 0.2) is 103 Å². The summed E-state index contributed by atoms with van der Waals surface area (Å²) in [7, 11) is 1.39. The van der Waals surface area contributed by atoms with Gasteiger partial charge < -0.3 is 9.84 Å². The van der Waals surface area contributed by atoms with Gasteiger partial charge in [0.1, 0.15) is 5.82 Å². The van der Waals surface area contributed by atoms with Crippen molar-refractivity contribution in [2.45, 2.75) is 24.2 Å². The van der Waals surface area contributed by atoms with Crippen molar-refractivity contribution in [2.24, 2.45) is 23.7 Å². The number of carbonyl (C=O) groups excluding carboxylic acids is 4. The summed E-state index contributed by atoms with van der Waals surface area (Å²) in [4.78, 5) is 70.2. The molecule has 2 aliphatic carbocycles. The van der Waals surface area contributed by atoms with Crippen LogP contribution in [0, 0.1) is 39.6 Å². The number of nitro groups is 1. The molecule has 4 aliphatic rings. The molecule has 2 aliphatic heterocycles. The number of anilines is 2. The molecule has 2 N–H and O–H groups in total. The fraction of sp³-hybridized carbons (Fsp3) is 0.231. The molecule has 3 fully saturated rings. The predicted molar refractivity (Wildman–Crippen MR) is 189 cm³/mol. The van der Waals surface area contributed by atoms with Crippen molar-refractivity contribution in [2.75, 3.05) is 17.4 Å². The number of benzene rings is 4. The molecule has 4 aromatic rings. The van der Waals surface area contributed by atoms with Crippen molar-refractivity contribution in [1.29, 1.82) is 0 Å². The van der Waals surface area contributed by atoms with Gasteiger partial charge in [-0.1, -0.05) is 41.4 Å². The number of carbonyl (C=O) groups is 4. The molecule has 8 rings (SSSR count). The fourth-order valence-electron chi connectivity index (χ4n) is 8.88. The normalized spacial score (nSPS) is 26.2. The number of hydrogen-bond donors (Lipinski definition) is 2. The summed E-state index contributed by atoms with van der Waals surface area (Å²) >= 11 is 6.34. The summed E-state index contributed by atoms with van der Waals surface area (Å²) in [6, 6.07) is 21.7. The first-order chi connectivity index (χ1) is 25.4. The van der Waals surface area contributed by atoms with Crippen LogP contribution in [-0.4, -0.2) is 45.8 Å². The molecule has 0 bridgehead atoms. The maximum Gasteiger partial charge on any atom is 0.269 e. The zero-order valence-electron chi connectivity index (χ0n) is 27.9. The summed E-state index contributed by atoms with van der Waals surface area (Å²) in [5, 5.41) is 23.3. The summed E-state index contributed by atoms with van der Waals surface area (Å²) < 4.78 is 19.3. The van der Waals surface area contributed by atoms with Crippen molar-refractivity contribution < 1.29 is 38.3 Å². The van der Waals surface area contributed by atoms with Crippen molar-refractivity contribution in [3.63, 3.8) is 0 Å². The molecule has 0 unspecified atom stereocenters. The standard InChI is InChI=1S/C39H30ClFN4O8/c1-53-32-18-20(2-17-31(32)46)34-27-15-16-28-33(37(49)43(35(28)47)25-11-13-26(14-12-25)45(51)52)29(27)19-30-36(48)44(42-24-9-7-23(41)8-10-24)38(50)39(30,34)21-3-5-22(40)6-4-21/h2-15,17-18,28-30,33-34,42,46H,16,19H2,1H3/t28-,29+,30-,33-,34-,39+/m0/s1. The topological polar surface area (TPSA) is 159 Å². The zero-order valence-corrected chi connectivity index (χ0v) is 28.7. The van der Waals surface area contributed by atoms with E-state index in [1.807, 2.05) is 6.08 Å². The van der Waals surface area contributed by atoms with Crippen molar-refractivity contribution >= 4 is 52.3 Å². The Morgan fingerprint density at radius 1 is 0.925 bits per heavy atom. The zero-order chi connectivity index (χ0) is 37.3. The third kappa shape index (κ3) is 5.09. The predicted octanol–water partition coefficient (Wildman–Crippen LogP) is 6.29. The molecule has 0 aromatic heterocycles. The first-order valence-electron chi connectivity index (χ1n) is 16.8. The lowest BCUT2D eigenvalue weighted by molar-refractivity contribution is -0.384. The smallest absolute Gasteiger partial charge is 0.269 e. The van der Waals surface area contributed by atoms with Crippen LogP contribution in [0.2, 0.25) is 5.02 Å². The Kier molecular flexibility index (Phi) is 8.06. The van der Waals surface area contributed by atoms with Gasteiger partial charge in [-0.15, -0.1) is 0 Å². The summed E-state index contributed by atoms with van der Waals surface area (Å²) in [6.45, 7) is 0. The lowest BCUT2D eigenvalue weighted by atomic mass is 9.49. The number of nitro benzene ring substituents is 1. The summed E-state index contributed by atoms with van der Waals surface area (Å²) in [5.74, 6) is -7.07. The SMILES string of the molecule is COc1cc([C@H]2C3=CC[C@@H]4C(=O)N(c5ccc([N+](=O)[O-])cc5)C(=O)[C@@H]4[C@@H]3C[C@H]3C(=O)N(Nc4ccc(F)cc4)C(=O)[C@@]23c2ccc(Cl)cc2)ccc1O. The van der Waals surface area contributed by atoms with E-state index in [1.54, 1.807) is 36.4 Å². The van der Waals surface area contributed by atoms with Gasteiger partial charge in [0.15, 0.2) is 11.5 Å². The molecule has 0 spiro atoms. The molecule has 268 valence electrons. The van der Waals surface area contributed by atoms with Crippen LogP contribution in [0.4, 0.5) is 21.5 Å². The van der Waals surface area contributed by atoms with Gasteiger partial charge in [0, 0.05) is 23.1 Å². The average molecular weight is 737 g/mol. The molecule has 2 saturated heterocycles. The minimum atomic E-state index is -1.62. The van der Waals surface area contributed by atoms with Gasteiger partial charge in [-0.05, 0) is 90.6 Å². The van der Waals surface area contributed by atoms with Crippen LogP contribution in [-0.2, 0) is 24.6 Å². The Balaban J connectivity index is 1.31. The minimum Gasteiger partial charge on any atom is -0.504 e. The number of imide groups is 2. The van der Waals surface area contributed by atoms with E-state index in [9.17, 15) is 34.0 Å². The van der Waals surface area contributed by atoms with Gasteiger partial charge in [0.25, 0.3) is 17.5 Å². The highest BCUT2D eigenvalue weighted by atomic mass is 35.5. The summed E-state index contributed by atoms with van der Waals surface area (Å²) in [6.07, 6.45) is 2.04. The summed E-state index contributed by atoms with van der Waals surface area (Å²) in [5.41, 5.74) is 3.22. The van der Waals surface area contributed by atoms with Gasteiger partial charge in [-0.2, -0.15) is 5.01 Å². The Morgan fingerprint density at radius 3 is 2.28 bits per heavy atom. The van der Waals surface area contributed by atoms with Crippen molar-refractivity contribution in [1.82, 2.24) is 5.01 Å². The van der Waals surface area contributed by atoms with E-state index in [1.165, 1.54) is 61.7 Å². The molecule has 14 heteroatoms. The van der Waals surface area contributed by atoms with E-state index < -0.39 is 69.4 Å². The van der Waals surface area contributed by atoms with Gasteiger partial charge in [0.05, 0.1) is 46.6 Å². The van der Waals surface area contributed by atoms with E-state index in [2.05, 4.69) is 5.43 Å². The Hall–Kier alpha value is -6.08. The van der Waals surface area contributed by atoms with Crippen LogP contribution in [0.5, 0.6) is 11.5 Å². The van der Waals surface area contributed by atoms with Crippen molar-refractivity contribution in [3.8, 4) is 11.5 Å². The van der Waals surface area contributed by atoms with Crippen LogP contribution in [0.3, 0.4) is 0 Å². The minimum absolute atomic E-state index is 0.0145. The van der Waals surface area contributed by atoms with Crippen LogP contribution in [0.1, 0.15) is 29.9 Å². The number of amides is 4. The number of phenolic OH excluding ortho intramolecular Hbond substituents is 1. The third-order valence-electron chi connectivity index (χ3n) is 11.1. The molecule has 53 heavy (non-hydrogen) atoms. The lowest BCUT2D eigenvalue weighted by Gasteiger charge is -2.50. The third-order valence-corrected chi connectivity index (χ3v) is 11.4. The highest BCUT2D eigenvalue weighted by Crippen LogP contribution is 2.64. The average Bonchev–Trinajstić information content (AvgIpc) is 3.53. The number of hydrogen-bond acceptors (Lipinski definition) is 9. The number of allylic oxidation sites excluding steroid dienone is 2. The Labute approximate surface area is 306 Å². The second-order valence-electron chi connectivity index (χ2n) is 13.6. The maximum atomic E-state index is 15.2. The number of rotatable bonds is 7. The number of nitrogens with one attached hydrogen (secondary N) is 1. The first kappa shape index (κ1) is 34.0. The largest absolute Gasteiger partial charge is 0.504 e. The number of hydrazine groups is 1. The molecular formula is C39H30ClFN4O8. The fourth-order valence-corrected chi connectivity index (χ4v) is 9.01. The maximum absolute atomic E-state index is 15.2. The highest BCUT2D eigenvalue weighted by Gasteiger charge is 2.70. The molecule has 6 atom stereocenters. The number of non-ortho nitro benzene ring substituents is 1. The molecule has 12 nitrogen and oxygen atoms in total. The Morgan fingerprint density at radius 2 is 1.62 bits per heavy atom. The van der Waals surface area contributed by atoms with Gasteiger partial charge in [-0.25, -0.2) is 4.39 Å². The van der Waals surface area contributed by atoms with Crippen LogP contribution in [0.25, 0.3) is 0 Å². The lowest BCUT2D eigenvalue weighted by Crippen LogP contribution is -2.53. The van der Waals surface area contributed by atoms with E-state index >= 15 is 4.79 Å². The quantitative estimate of drug-likeness (QED) is 0.0962. The van der Waals surface area contributed by atoms with Gasteiger partial charge in [-0.3, -0.25) is 39.6 Å². The van der Waals surface area contributed by atoms with Crippen molar-refractivity contribution in [3.05, 3.63) is 135 Å². The number of halogens is 2. The van der Waals surface area contributed by atoms with E-state index in [-0.39, 0.29) is 41.4 Å². The number of methoxy groups -OCH3 is 1. The van der Waals surface area contributed by atoms with E-state index in [4.69, 9.17) is 16.3 Å².